The van der Waals surface area contributed by atoms with Gasteiger partial charge in [-0.25, -0.2) is 4.98 Å². The van der Waals surface area contributed by atoms with Crippen LogP contribution in [0.2, 0.25) is 0 Å². The molecule has 0 aliphatic rings. The lowest BCUT2D eigenvalue weighted by atomic mass is 10.2. The Morgan fingerprint density at radius 3 is 2.10 bits per heavy atom. The fourth-order valence-corrected chi connectivity index (χ4v) is 3.09. The van der Waals surface area contributed by atoms with Crippen molar-refractivity contribution in [3.8, 4) is 0 Å². The Morgan fingerprint density at radius 2 is 1.45 bits per heavy atom. The van der Waals surface area contributed by atoms with Crippen LogP contribution in [0.4, 0.5) is 0 Å². The van der Waals surface area contributed by atoms with Crippen LogP contribution in [0.3, 0.4) is 0 Å². The van der Waals surface area contributed by atoms with Crippen LogP contribution in [0.1, 0.15) is 22.5 Å². The maximum Gasteiger partial charge on any atom is 0.272 e. The van der Waals surface area contributed by atoms with E-state index >= 15 is 0 Å². The van der Waals surface area contributed by atoms with Crippen molar-refractivity contribution in [2.45, 2.75) is 13.5 Å². The smallest absolute Gasteiger partial charge is 0.272 e. The Kier molecular flexibility index (Phi) is 5.07. The molecule has 2 aromatic carbocycles. The highest BCUT2D eigenvalue weighted by Gasteiger charge is 2.06. The molecule has 4 rings (SSSR count). The van der Waals surface area contributed by atoms with Gasteiger partial charge in [-0.3, -0.25) is 9.59 Å². The SMILES string of the molecule is Cc1c(C=c2[nH]c(=O)c(=Cc3ccccc3)[nH]c2=O)ncn1Cc1ccccc1. The highest BCUT2D eigenvalue weighted by molar-refractivity contribution is 5.48. The minimum absolute atomic E-state index is 0.174. The van der Waals surface area contributed by atoms with E-state index in [1.807, 2.05) is 72.2 Å². The Morgan fingerprint density at radius 1 is 0.862 bits per heavy atom. The fourth-order valence-electron chi connectivity index (χ4n) is 3.09. The summed E-state index contributed by atoms with van der Waals surface area (Å²) in [4.78, 5) is 34.6. The molecule has 0 saturated heterocycles. The molecule has 6 nitrogen and oxygen atoms in total. The van der Waals surface area contributed by atoms with Crippen molar-refractivity contribution >= 4 is 12.2 Å². The van der Waals surface area contributed by atoms with Crippen molar-refractivity contribution in [1.82, 2.24) is 19.5 Å². The van der Waals surface area contributed by atoms with Gasteiger partial charge < -0.3 is 14.5 Å². The molecule has 0 unspecified atom stereocenters. The van der Waals surface area contributed by atoms with Gasteiger partial charge in [0.25, 0.3) is 11.1 Å². The minimum atomic E-state index is -0.371. The van der Waals surface area contributed by atoms with Crippen molar-refractivity contribution in [2.24, 2.45) is 0 Å². The zero-order valence-electron chi connectivity index (χ0n) is 15.9. The summed E-state index contributed by atoms with van der Waals surface area (Å²) in [6.07, 6.45) is 4.98. The third-order valence-corrected chi connectivity index (χ3v) is 4.71. The standard InChI is InChI=1S/C23H20N4O2/c1-16-19(24-15-27(16)14-18-10-6-3-7-11-18)13-21-23(29)25-20(22(28)26-21)12-17-8-4-2-5-9-17/h2-13,15H,14H2,1H3,(H,25,29)(H,26,28). The van der Waals surface area contributed by atoms with Crippen molar-refractivity contribution in [3.63, 3.8) is 0 Å². The van der Waals surface area contributed by atoms with Crippen molar-refractivity contribution in [1.29, 1.82) is 0 Å². The van der Waals surface area contributed by atoms with Crippen LogP contribution in [-0.4, -0.2) is 19.5 Å². The molecule has 0 atom stereocenters. The van der Waals surface area contributed by atoms with Gasteiger partial charge in [-0.15, -0.1) is 0 Å². The molecule has 0 bridgehead atoms. The van der Waals surface area contributed by atoms with Gasteiger partial charge in [0.2, 0.25) is 0 Å². The average molecular weight is 384 g/mol. The van der Waals surface area contributed by atoms with E-state index < -0.39 is 0 Å². The summed E-state index contributed by atoms with van der Waals surface area (Å²) in [5.74, 6) is 0. The number of rotatable bonds is 4. The monoisotopic (exact) mass is 384 g/mol. The number of aromatic nitrogens is 4. The van der Waals surface area contributed by atoms with E-state index in [4.69, 9.17) is 0 Å². The lowest BCUT2D eigenvalue weighted by molar-refractivity contribution is 0.770. The topological polar surface area (TPSA) is 83.5 Å². The number of hydrogen-bond donors (Lipinski definition) is 2. The zero-order chi connectivity index (χ0) is 20.2. The van der Waals surface area contributed by atoms with E-state index in [1.165, 1.54) is 0 Å². The molecule has 0 radical (unpaired) electrons. The molecular weight excluding hydrogens is 364 g/mol. The zero-order valence-corrected chi connectivity index (χ0v) is 15.9. The van der Waals surface area contributed by atoms with Crippen molar-refractivity contribution < 1.29 is 0 Å². The molecule has 0 aliphatic carbocycles. The van der Waals surface area contributed by atoms with Gasteiger partial charge in [-0.2, -0.15) is 0 Å². The molecule has 0 amide bonds. The van der Waals surface area contributed by atoms with Crippen molar-refractivity contribution in [3.05, 3.63) is 121 Å². The van der Waals surface area contributed by atoms with Crippen LogP contribution < -0.4 is 21.8 Å². The first-order valence-electron chi connectivity index (χ1n) is 9.27. The molecule has 0 fully saturated rings. The summed E-state index contributed by atoms with van der Waals surface area (Å²) < 4.78 is 2.00. The molecule has 0 spiro atoms. The summed E-state index contributed by atoms with van der Waals surface area (Å²) in [7, 11) is 0. The van der Waals surface area contributed by atoms with Gasteiger partial charge >= 0.3 is 0 Å². The van der Waals surface area contributed by atoms with Crippen LogP contribution >= 0.6 is 0 Å². The number of imidazole rings is 1. The summed E-state index contributed by atoms with van der Waals surface area (Å²) in [5, 5.41) is 0.387. The van der Waals surface area contributed by atoms with Gasteiger partial charge in [0.15, 0.2) is 0 Å². The highest BCUT2D eigenvalue weighted by Crippen LogP contribution is 2.10. The summed E-state index contributed by atoms with van der Waals surface area (Å²) in [6, 6.07) is 19.4. The maximum absolute atomic E-state index is 12.5. The van der Waals surface area contributed by atoms with Crippen LogP contribution in [0, 0.1) is 6.92 Å². The van der Waals surface area contributed by atoms with Crippen LogP contribution in [-0.2, 0) is 6.54 Å². The Bertz CT molecular complexity index is 1360. The Labute approximate surface area is 166 Å². The number of hydrogen-bond acceptors (Lipinski definition) is 3. The second-order valence-electron chi connectivity index (χ2n) is 6.76. The third kappa shape index (κ3) is 4.16. The predicted octanol–water partition coefficient (Wildman–Crippen LogP) is 1.27. The van der Waals surface area contributed by atoms with E-state index in [0.717, 1.165) is 16.8 Å². The molecule has 2 aromatic heterocycles. The van der Waals surface area contributed by atoms with E-state index in [1.54, 1.807) is 18.5 Å². The minimum Gasteiger partial charge on any atom is -0.330 e. The predicted molar refractivity (Wildman–Crippen MR) is 113 cm³/mol. The lowest BCUT2D eigenvalue weighted by Crippen LogP contribution is -2.46. The molecule has 6 heteroatoms. The number of aromatic amines is 2. The largest absolute Gasteiger partial charge is 0.330 e. The lowest BCUT2D eigenvalue weighted by Gasteiger charge is -2.05. The van der Waals surface area contributed by atoms with E-state index in [-0.39, 0.29) is 21.8 Å². The quantitative estimate of drug-likeness (QED) is 0.556. The highest BCUT2D eigenvalue weighted by atomic mass is 16.1. The normalized spacial score (nSPS) is 12.4. The first-order chi connectivity index (χ1) is 14.1. The van der Waals surface area contributed by atoms with Crippen LogP contribution in [0.5, 0.6) is 0 Å². The van der Waals surface area contributed by atoms with E-state index in [0.29, 0.717) is 12.2 Å². The number of nitrogens with zero attached hydrogens (tertiary/aromatic N) is 2. The summed E-state index contributed by atoms with van der Waals surface area (Å²) in [5.41, 5.74) is 2.81. The second kappa shape index (κ2) is 7.98. The molecule has 0 saturated carbocycles. The van der Waals surface area contributed by atoms with Gasteiger partial charge in [-0.1, -0.05) is 60.7 Å². The first-order valence-corrected chi connectivity index (χ1v) is 9.27. The van der Waals surface area contributed by atoms with Crippen LogP contribution in [0.25, 0.3) is 12.2 Å². The second-order valence-corrected chi connectivity index (χ2v) is 6.76. The molecule has 29 heavy (non-hydrogen) atoms. The summed E-state index contributed by atoms with van der Waals surface area (Å²) in [6.45, 7) is 2.62. The van der Waals surface area contributed by atoms with Gasteiger partial charge in [-0.05, 0) is 30.2 Å². The maximum atomic E-state index is 12.5. The Hall–Kier alpha value is -3.93. The van der Waals surface area contributed by atoms with Crippen LogP contribution in [0.15, 0.2) is 76.6 Å². The number of H-pyrrole nitrogens is 2. The van der Waals surface area contributed by atoms with E-state index in [2.05, 4.69) is 15.0 Å². The molecule has 0 aliphatic heterocycles. The molecule has 2 N–H and O–H groups in total. The van der Waals surface area contributed by atoms with Gasteiger partial charge in [0.1, 0.15) is 10.7 Å². The molecular formula is C23H20N4O2. The average Bonchev–Trinajstić information content (AvgIpc) is 3.07. The molecule has 4 aromatic rings. The Balaban J connectivity index is 1.71. The number of nitrogens with one attached hydrogen (secondary N) is 2. The molecule has 2 heterocycles. The third-order valence-electron chi connectivity index (χ3n) is 4.71. The molecule has 144 valence electrons. The summed E-state index contributed by atoms with van der Waals surface area (Å²) >= 11 is 0. The fraction of sp³-hybridized carbons (Fsp3) is 0.0870. The first kappa shape index (κ1) is 18.4. The number of benzene rings is 2. The van der Waals surface area contributed by atoms with Gasteiger partial charge in [0, 0.05) is 12.2 Å². The van der Waals surface area contributed by atoms with E-state index in [9.17, 15) is 9.59 Å². The van der Waals surface area contributed by atoms with Crippen molar-refractivity contribution in [2.75, 3.05) is 0 Å². The van der Waals surface area contributed by atoms with Gasteiger partial charge in [0.05, 0.1) is 12.0 Å².